The van der Waals surface area contributed by atoms with Crippen molar-refractivity contribution in [1.29, 1.82) is 0 Å². The fraction of sp³-hybridized carbons (Fsp3) is 0.933. The number of aliphatic hydroxyl groups is 1. The molecule has 2 amide bonds. The van der Waals surface area contributed by atoms with Crippen molar-refractivity contribution in [1.82, 2.24) is 10.2 Å². The molecule has 0 aromatic carbocycles. The summed E-state index contributed by atoms with van der Waals surface area (Å²) in [6.45, 7) is 7.39. The first kappa shape index (κ1) is 16.3. The quantitative estimate of drug-likeness (QED) is 0.779. The molecule has 1 fully saturated rings. The van der Waals surface area contributed by atoms with Crippen LogP contribution in [0.4, 0.5) is 4.79 Å². The number of urea groups is 1. The van der Waals surface area contributed by atoms with Gasteiger partial charge < -0.3 is 15.3 Å². The fourth-order valence-corrected chi connectivity index (χ4v) is 2.98. The Kier molecular flexibility index (Phi) is 6.11. The van der Waals surface area contributed by atoms with Crippen molar-refractivity contribution < 1.29 is 9.90 Å². The van der Waals surface area contributed by atoms with Crippen LogP contribution < -0.4 is 5.32 Å². The van der Waals surface area contributed by atoms with Gasteiger partial charge in [0.2, 0.25) is 0 Å². The Hall–Kier alpha value is -0.770. The Morgan fingerprint density at radius 2 is 2.00 bits per heavy atom. The molecule has 0 aromatic heterocycles. The van der Waals surface area contributed by atoms with E-state index in [1.807, 2.05) is 7.05 Å². The van der Waals surface area contributed by atoms with E-state index >= 15 is 0 Å². The van der Waals surface area contributed by atoms with Crippen LogP contribution in [0.5, 0.6) is 0 Å². The lowest BCUT2D eigenvalue weighted by atomic mass is 9.87. The summed E-state index contributed by atoms with van der Waals surface area (Å²) >= 11 is 0. The summed E-state index contributed by atoms with van der Waals surface area (Å²) in [5, 5.41) is 12.4. The number of carbonyl (C=O) groups excluding carboxylic acids is 1. The monoisotopic (exact) mass is 270 g/mol. The third-order valence-corrected chi connectivity index (χ3v) is 3.92. The fourth-order valence-electron chi connectivity index (χ4n) is 2.98. The summed E-state index contributed by atoms with van der Waals surface area (Å²) in [5.41, 5.74) is -0.0714. The zero-order valence-corrected chi connectivity index (χ0v) is 12.9. The van der Waals surface area contributed by atoms with Crippen LogP contribution in [-0.4, -0.2) is 42.3 Å². The minimum absolute atomic E-state index is 0.00516. The number of carbonyl (C=O) groups is 1. The van der Waals surface area contributed by atoms with Crippen LogP contribution in [0.1, 0.15) is 52.9 Å². The molecule has 0 heterocycles. The summed E-state index contributed by atoms with van der Waals surface area (Å²) in [7, 11) is 1.87. The minimum atomic E-state index is -0.330. The maximum absolute atomic E-state index is 12.0. The molecule has 1 rings (SSSR count). The van der Waals surface area contributed by atoms with Crippen LogP contribution in [0.15, 0.2) is 0 Å². The average molecular weight is 270 g/mol. The zero-order chi connectivity index (χ0) is 14.5. The van der Waals surface area contributed by atoms with Crippen molar-refractivity contribution in [2.45, 2.75) is 59.0 Å². The highest BCUT2D eigenvalue weighted by molar-refractivity contribution is 5.73. The molecule has 4 nitrogen and oxygen atoms in total. The summed E-state index contributed by atoms with van der Waals surface area (Å²) in [5.74, 6) is 0.682. The summed E-state index contributed by atoms with van der Waals surface area (Å²) in [4.78, 5) is 13.8. The topological polar surface area (TPSA) is 52.6 Å². The van der Waals surface area contributed by atoms with Crippen LogP contribution in [0.2, 0.25) is 0 Å². The first-order valence-corrected chi connectivity index (χ1v) is 7.47. The van der Waals surface area contributed by atoms with Crippen molar-refractivity contribution in [2.75, 3.05) is 20.1 Å². The van der Waals surface area contributed by atoms with Gasteiger partial charge in [-0.25, -0.2) is 4.79 Å². The van der Waals surface area contributed by atoms with Gasteiger partial charge in [-0.15, -0.1) is 0 Å². The van der Waals surface area contributed by atoms with Crippen LogP contribution >= 0.6 is 0 Å². The van der Waals surface area contributed by atoms with E-state index in [1.54, 1.807) is 11.8 Å². The van der Waals surface area contributed by atoms with Crippen molar-refractivity contribution >= 4 is 6.03 Å². The van der Waals surface area contributed by atoms with Gasteiger partial charge in [0.1, 0.15) is 0 Å². The molecule has 112 valence electrons. The molecule has 4 heteroatoms. The molecule has 0 saturated heterocycles. The zero-order valence-electron chi connectivity index (χ0n) is 12.9. The van der Waals surface area contributed by atoms with Crippen LogP contribution in [0, 0.1) is 11.3 Å². The first-order valence-electron chi connectivity index (χ1n) is 7.47. The predicted molar refractivity (Wildman–Crippen MR) is 78.1 cm³/mol. The molecular formula is C15H30N2O2. The van der Waals surface area contributed by atoms with Gasteiger partial charge in [0.25, 0.3) is 0 Å². The van der Waals surface area contributed by atoms with Crippen molar-refractivity contribution in [3.63, 3.8) is 0 Å². The van der Waals surface area contributed by atoms with Crippen molar-refractivity contribution in [3.05, 3.63) is 0 Å². The number of nitrogens with one attached hydrogen (secondary N) is 1. The van der Waals surface area contributed by atoms with Crippen molar-refractivity contribution in [3.8, 4) is 0 Å². The third-order valence-electron chi connectivity index (χ3n) is 3.92. The Bertz CT molecular complexity index is 284. The van der Waals surface area contributed by atoms with E-state index in [0.29, 0.717) is 18.9 Å². The third kappa shape index (κ3) is 6.28. The minimum Gasteiger partial charge on any atom is -0.393 e. The number of rotatable bonds is 6. The Morgan fingerprint density at radius 3 is 2.53 bits per heavy atom. The van der Waals surface area contributed by atoms with Gasteiger partial charge in [-0.05, 0) is 37.5 Å². The highest BCUT2D eigenvalue weighted by Crippen LogP contribution is 2.25. The standard InChI is InChI=1S/C15H30N2O2/c1-12(18)9-15(2,3)11-16-14(19)17(4)10-13-7-5-6-8-13/h12-13,18H,5-11H2,1-4H3,(H,16,19). The molecule has 0 aliphatic heterocycles. The molecule has 19 heavy (non-hydrogen) atoms. The largest absolute Gasteiger partial charge is 0.393 e. The summed E-state index contributed by atoms with van der Waals surface area (Å²) < 4.78 is 0. The maximum Gasteiger partial charge on any atom is 0.317 e. The van der Waals surface area contributed by atoms with E-state index < -0.39 is 0 Å². The molecule has 2 N–H and O–H groups in total. The van der Waals surface area contributed by atoms with Gasteiger partial charge in [-0.1, -0.05) is 26.7 Å². The van der Waals surface area contributed by atoms with E-state index in [9.17, 15) is 9.90 Å². The second-order valence-corrected chi connectivity index (χ2v) is 6.91. The molecule has 0 radical (unpaired) electrons. The molecule has 1 unspecified atom stereocenters. The molecule has 0 spiro atoms. The van der Waals surface area contributed by atoms with E-state index in [0.717, 1.165) is 6.54 Å². The van der Waals surface area contributed by atoms with Crippen LogP contribution in [0.3, 0.4) is 0 Å². The van der Waals surface area contributed by atoms with Gasteiger partial charge in [0, 0.05) is 20.1 Å². The first-order chi connectivity index (χ1) is 8.80. The number of hydrogen-bond acceptors (Lipinski definition) is 2. The number of hydrogen-bond donors (Lipinski definition) is 2. The maximum atomic E-state index is 12.0. The Balaban J connectivity index is 2.29. The lowest BCUT2D eigenvalue weighted by Gasteiger charge is -2.28. The van der Waals surface area contributed by atoms with E-state index in [2.05, 4.69) is 19.2 Å². The smallest absolute Gasteiger partial charge is 0.317 e. The number of amides is 2. The van der Waals surface area contributed by atoms with E-state index in [4.69, 9.17) is 0 Å². The molecule has 0 aromatic rings. The van der Waals surface area contributed by atoms with E-state index in [1.165, 1.54) is 25.7 Å². The molecule has 1 aliphatic rings. The summed E-state index contributed by atoms with van der Waals surface area (Å²) in [6.07, 6.45) is 5.49. The number of aliphatic hydroxyl groups excluding tert-OH is 1. The lowest BCUT2D eigenvalue weighted by Crippen LogP contribution is -2.43. The predicted octanol–water partition coefficient (Wildman–Crippen LogP) is 2.62. The lowest BCUT2D eigenvalue weighted by molar-refractivity contribution is 0.126. The summed E-state index contributed by atoms with van der Waals surface area (Å²) in [6, 6.07) is 0.00516. The van der Waals surface area contributed by atoms with Crippen molar-refractivity contribution in [2.24, 2.45) is 11.3 Å². The SMILES string of the molecule is CC(O)CC(C)(C)CNC(=O)N(C)CC1CCCC1. The Morgan fingerprint density at radius 1 is 1.42 bits per heavy atom. The molecule has 1 aliphatic carbocycles. The second-order valence-electron chi connectivity index (χ2n) is 6.91. The number of nitrogens with zero attached hydrogens (tertiary/aromatic N) is 1. The molecular weight excluding hydrogens is 240 g/mol. The molecule has 0 bridgehead atoms. The van der Waals surface area contributed by atoms with Gasteiger partial charge in [-0.2, -0.15) is 0 Å². The van der Waals surface area contributed by atoms with Gasteiger partial charge in [0.15, 0.2) is 0 Å². The van der Waals surface area contributed by atoms with Crippen LogP contribution in [0.25, 0.3) is 0 Å². The second kappa shape index (κ2) is 7.13. The average Bonchev–Trinajstić information content (AvgIpc) is 2.76. The highest BCUT2D eigenvalue weighted by Gasteiger charge is 2.23. The molecule has 1 saturated carbocycles. The molecule has 1 atom stereocenters. The van der Waals surface area contributed by atoms with Gasteiger partial charge >= 0.3 is 6.03 Å². The Labute approximate surface area is 117 Å². The highest BCUT2D eigenvalue weighted by atomic mass is 16.3. The normalized spacial score (nSPS) is 18.4. The van der Waals surface area contributed by atoms with Gasteiger partial charge in [-0.3, -0.25) is 0 Å². The van der Waals surface area contributed by atoms with Gasteiger partial charge in [0.05, 0.1) is 6.10 Å². The van der Waals surface area contributed by atoms with E-state index in [-0.39, 0.29) is 17.6 Å². The van der Waals surface area contributed by atoms with Crippen LogP contribution in [-0.2, 0) is 0 Å².